The molecule has 0 radical (unpaired) electrons. The highest BCUT2D eigenvalue weighted by Gasteiger charge is 2.48. The lowest BCUT2D eigenvalue weighted by Crippen LogP contribution is -2.63. The zero-order valence-electron chi connectivity index (χ0n) is 11.5. The van der Waals surface area contributed by atoms with Crippen LogP contribution < -0.4 is 11.1 Å². The quantitative estimate of drug-likeness (QED) is 0.730. The van der Waals surface area contributed by atoms with Crippen molar-refractivity contribution in [1.29, 1.82) is 0 Å². The molecule has 1 fully saturated rings. The predicted molar refractivity (Wildman–Crippen MR) is 68.5 cm³/mol. The fourth-order valence-corrected chi connectivity index (χ4v) is 2.46. The van der Waals surface area contributed by atoms with Gasteiger partial charge in [-0.25, -0.2) is 0 Å². The molecule has 3 heteroatoms. The molecule has 1 aliphatic carbocycles. The van der Waals surface area contributed by atoms with E-state index in [1.54, 1.807) is 7.11 Å². The Morgan fingerprint density at radius 2 is 1.94 bits per heavy atom. The first-order valence-corrected chi connectivity index (χ1v) is 6.44. The Kier molecular flexibility index (Phi) is 4.38. The SMILES string of the molecule is CCC(N)(CC)CNC1CC(OC)C1(C)C. The number of rotatable bonds is 6. The first-order valence-electron chi connectivity index (χ1n) is 6.44. The average Bonchev–Trinajstić information content (AvgIpc) is 2.27. The number of nitrogens with two attached hydrogens (primary N) is 1. The summed E-state index contributed by atoms with van der Waals surface area (Å²) >= 11 is 0. The van der Waals surface area contributed by atoms with Crippen LogP contribution in [0.15, 0.2) is 0 Å². The molecule has 0 saturated heterocycles. The van der Waals surface area contributed by atoms with Gasteiger partial charge in [0.15, 0.2) is 0 Å². The van der Waals surface area contributed by atoms with E-state index in [4.69, 9.17) is 10.5 Å². The van der Waals surface area contributed by atoms with Crippen LogP contribution in [0, 0.1) is 5.41 Å². The van der Waals surface area contributed by atoms with Crippen molar-refractivity contribution in [3.63, 3.8) is 0 Å². The zero-order valence-corrected chi connectivity index (χ0v) is 11.5. The van der Waals surface area contributed by atoms with Crippen LogP contribution in [0.3, 0.4) is 0 Å². The summed E-state index contributed by atoms with van der Waals surface area (Å²) in [6.45, 7) is 9.76. The van der Waals surface area contributed by atoms with E-state index in [-0.39, 0.29) is 11.0 Å². The van der Waals surface area contributed by atoms with Gasteiger partial charge in [-0.05, 0) is 19.3 Å². The third kappa shape index (κ3) is 2.58. The van der Waals surface area contributed by atoms with E-state index in [1.807, 2.05) is 0 Å². The van der Waals surface area contributed by atoms with Crippen molar-refractivity contribution in [2.24, 2.45) is 11.1 Å². The Hall–Kier alpha value is -0.120. The van der Waals surface area contributed by atoms with Gasteiger partial charge in [-0.15, -0.1) is 0 Å². The summed E-state index contributed by atoms with van der Waals surface area (Å²) in [6, 6.07) is 0.540. The molecule has 2 atom stereocenters. The number of nitrogens with one attached hydrogen (secondary N) is 1. The van der Waals surface area contributed by atoms with E-state index in [1.165, 1.54) is 0 Å². The maximum Gasteiger partial charge on any atom is 0.0652 e. The molecule has 0 bridgehead atoms. The van der Waals surface area contributed by atoms with E-state index < -0.39 is 0 Å². The minimum Gasteiger partial charge on any atom is -0.381 e. The minimum atomic E-state index is -0.0474. The molecule has 0 aromatic heterocycles. The second-order valence-electron chi connectivity index (χ2n) is 5.78. The van der Waals surface area contributed by atoms with Gasteiger partial charge >= 0.3 is 0 Å². The maximum atomic E-state index is 6.29. The molecule has 3 nitrogen and oxygen atoms in total. The molecule has 0 aromatic rings. The largest absolute Gasteiger partial charge is 0.381 e. The summed E-state index contributed by atoms with van der Waals surface area (Å²) < 4.78 is 5.45. The number of hydrogen-bond donors (Lipinski definition) is 2. The van der Waals surface area contributed by atoms with Crippen molar-refractivity contribution in [2.45, 2.75) is 64.6 Å². The summed E-state index contributed by atoms with van der Waals surface area (Å²) in [5.41, 5.74) is 6.47. The molecular formula is C13H28N2O. The second-order valence-corrected chi connectivity index (χ2v) is 5.78. The standard InChI is InChI=1S/C13H28N2O/c1-6-13(14,7-2)9-15-10-8-11(16-5)12(10,3)4/h10-11,15H,6-9,14H2,1-5H3. The Bertz CT molecular complexity index is 224. The Morgan fingerprint density at radius 1 is 1.38 bits per heavy atom. The van der Waals surface area contributed by atoms with Crippen LogP contribution in [-0.4, -0.2) is 31.3 Å². The third-order valence-electron chi connectivity index (χ3n) is 4.57. The highest BCUT2D eigenvalue weighted by Crippen LogP contribution is 2.42. The molecule has 1 saturated carbocycles. The molecule has 0 amide bonds. The van der Waals surface area contributed by atoms with E-state index in [0.29, 0.717) is 12.1 Å². The van der Waals surface area contributed by atoms with Gasteiger partial charge in [0, 0.05) is 30.7 Å². The average molecular weight is 228 g/mol. The van der Waals surface area contributed by atoms with Crippen molar-refractivity contribution < 1.29 is 4.74 Å². The monoisotopic (exact) mass is 228 g/mol. The van der Waals surface area contributed by atoms with Gasteiger partial charge in [-0.2, -0.15) is 0 Å². The number of ether oxygens (including phenoxy) is 1. The zero-order chi connectivity index (χ0) is 12.4. The molecule has 0 heterocycles. The molecule has 0 aliphatic heterocycles. The van der Waals surface area contributed by atoms with Crippen molar-refractivity contribution in [3.8, 4) is 0 Å². The highest BCUT2D eigenvalue weighted by molar-refractivity contribution is 5.03. The Morgan fingerprint density at radius 3 is 2.31 bits per heavy atom. The van der Waals surface area contributed by atoms with Crippen LogP contribution in [-0.2, 0) is 4.74 Å². The minimum absolute atomic E-state index is 0.0474. The summed E-state index contributed by atoms with van der Waals surface area (Å²) in [4.78, 5) is 0. The Labute approximate surface area is 100 Å². The van der Waals surface area contributed by atoms with Gasteiger partial charge in [-0.1, -0.05) is 27.7 Å². The molecule has 1 aliphatic rings. The topological polar surface area (TPSA) is 47.3 Å². The summed E-state index contributed by atoms with van der Waals surface area (Å²) in [5, 5.41) is 3.61. The van der Waals surface area contributed by atoms with Gasteiger partial charge in [-0.3, -0.25) is 0 Å². The number of methoxy groups -OCH3 is 1. The molecule has 96 valence electrons. The lowest BCUT2D eigenvalue weighted by Gasteiger charge is -2.52. The van der Waals surface area contributed by atoms with E-state index >= 15 is 0 Å². The fraction of sp³-hybridized carbons (Fsp3) is 1.00. The number of hydrogen-bond acceptors (Lipinski definition) is 3. The summed E-state index contributed by atoms with van der Waals surface area (Å²) in [7, 11) is 1.80. The lowest BCUT2D eigenvalue weighted by atomic mass is 9.64. The molecule has 16 heavy (non-hydrogen) atoms. The normalized spacial score (nSPS) is 28.9. The van der Waals surface area contributed by atoms with E-state index in [0.717, 1.165) is 25.8 Å². The van der Waals surface area contributed by atoms with Crippen molar-refractivity contribution in [2.75, 3.05) is 13.7 Å². The highest BCUT2D eigenvalue weighted by atomic mass is 16.5. The molecule has 0 aromatic carbocycles. The van der Waals surface area contributed by atoms with Crippen LogP contribution in [0.1, 0.15) is 47.0 Å². The molecule has 0 spiro atoms. The summed E-state index contributed by atoms with van der Waals surface area (Å²) in [5.74, 6) is 0. The van der Waals surface area contributed by atoms with Gasteiger partial charge in [0.05, 0.1) is 6.10 Å². The van der Waals surface area contributed by atoms with E-state index in [2.05, 4.69) is 33.0 Å². The molecular weight excluding hydrogens is 200 g/mol. The smallest absolute Gasteiger partial charge is 0.0652 e. The van der Waals surface area contributed by atoms with Gasteiger partial charge in [0.2, 0.25) is 0 Å². The molecule has 1 rings (SSSR count). The van der Waals surface area contributed by atoms with Crippen LogP contribution >= 0.6 is 0 Å². The maximum absolute atomic E-state index is 6.29. The van der Waals surface area contributed by atoms with Crippen molar-refractivity contribution in [1.82, 2.24) is 5.32 Å². The lowest BCUT2D eigenvalue weighted by molar-refractivity contribution is -0.0984. The van der Waals surface area contributed by atoms with Gasteiger partial charge in [0.1, 0.15) is 0 Å². The van der Waals surface area contributed by atoms with Gasteiger partial charge in [0.25, 0.3) is 0 Å². The van der Waals surface area contributed by atoms with Crippen LogP contribution in [0.4, 0.5) is 0 Å². The van der Waals surface area contributed by atoms with Crippen molar-refractivity contribution >= 4 is 0 Å². The Balaban J connectivity index is 2.41. The predicted octanol–water partition coefficient (Wildman–Crippen LogP) is 1.91. The first-order chi connectivity index (χ1) is 7.39. The van der Waals surface area contributed by atoms with Gasteiger partial charge < -0.3 is 15.8 Å². The second kappa shape index (κ2) is 5.03. The van der Waals surface area contributed by atoms with Crippen LogP contribution in [0.5, 0.6) is 0 Å². The fourth-order valence-electron chi connectivity index (χ4n) is 2.46. The molecule has 2 unspecified atom stereocenters. The van der Waals surface area contributed by atoms with Crippen molar-refractivity contribution in [3.05, 3.63) is 0 Å². The van der Waals surface area contributed by atoms with Crippen LogP contribution in [0.2, 0.25) is 0 Å². The van der Waals surface area contributed by atoms with Crippen LogP contribution in [0.25, 0.3) is 0 Å². The third-order valence-corrected chi connectivity index (χ3v) is 4.57. The first kappa shape index (κ1) is 13.9. The summed E-state index contributed by atoms with van der Waals surface area (Å²) in [6.07, 6.45) is 3.54. The van der Waals surface area contributed by atoms with E-state index in [9.17, 15) is 0 Å². The molecule has 3 N–H and O–H groups in total.